The third kappa shape index (κ3) is 4.75. The molecule has 2 aromatic rings. The fourth-order valence-corrected chi connectivity index (χ4v) is 1.82. The van der Waals surface area contributed by atoms with Crippen molar-refractivity contribution in [3.05, 3.63) is 69.0 Å². The van der Waals surface area contributed by atoms with E-state index in [1.165, 1.54) is 36.4 Å². The van der Waals surface area contributed by atoms with Gasteiger partial charge in [-0.1, -0.05) is 23.7 Å². The largest absolute Gasteiger partial charge is 0.481 e. The molecule has 1 N–H and O–H groups in total. The molecule has 0 aliphatic rings. The molecule has 7 nitrogen and oxygen atoms in total. The van der Waals surface area contributed by atoms with E-state index in [-0.39, 0.29) is 22.0 Å². The molecule has 24 heavy (non-hydrogen) atoms. The smallest absolute Gasteiger partial charge is 0.277 e. The second-order valence-corrected chi connectivity index (χ2v) is 4.88. The van der Waals surface area contributed by atoms with Gasteiger partial charge in [0.25, 0.3) is 11.6 Å². The molecule has 0 aliphatic carbocycles. The molecule has 9 heteroatoms. The Labute approximate surface area is 140 Å². The number of amides is 1. The van der Waals surface area contributed by atoms with Crippen molar-refractivity contribution in [2.24, 2.45) is 5.10 Å². The molecule has 0 saturated heterocycles. The molecule has 0 bridgehead atoms. The number of hydrazone groups is 1. The fourth-order valence-electron chi connectivity index (χ4n) is 1.65. The van der Waals surface area contributed by atoms with Crippen LogP contribution in [0.2, 0.25) is 5.02 Å². The minimum absolute atomic E-state index is 0.0571. The van der Waals surface area contributed by atoms with Crippen LogP contribution in [0.5, 0.6) is 5.75 Å². The van der Waals surface area contributed by atoms with Gasteiger partial charge in [-0.25, -0.2) is 9.82 Å². The lowest BCUT2D eigenvalue weighted by molar-refractivity contribution is -0.384. The normalized spacial score (nSPS) is 10.6. The number of para-hydroxylation sites is 1. The van der Waals surface area contributed by atoms with Gasteiger partial charge in [0.05, 0.1) is 11.1 Å². The zero-order chi connectivity index (χ0) is 17.5. The molecule has 2 aromatic carbocycles. The number of rotatable bonds is 6. The molecule has 0 spiro atoms. The van der Waals surface area contributed by atoms with E-state index in [1.807, 2.05) is 0 Å². The Balaban J connectivity index is 1.92. The van der Waals surface area contributed by atoms with Crippen molar-refractivity contribution in [1.29, 1.82) is 0 Å². The number of hydrogen-bond acceptors (Lipinski definition) is 5. The molecule has 1 amide bonds. The first kappa shape index (κ1) is 17.4. The van der Waals surface area contributed by atoms with E-state index in [2.05, 4.69) is 10.5 Å². The Morgan fingerprint density at radius 3 is 2.83 bits per heavy atom. The summed E-state index contributed by atoms with van der Waals surface area (Å²) in [7, 11) is 0. The number of nitrogens with zero attached hydrogens (tertiary/aromatic N) is 2. The van der Waals surface area contributed by atoms with Crippen molar-refractivity contribution >= 4 is 29.4 Å². The molecular formula is C15H11ClFN3O4. The predicted molar refractivity (Wildman–Crippen MR) is 85.7 cm³/mol. The van der Waals surface area contributed by atoms with Crippen LogP contribution < -0.4 is 10.2 Å². The van der Waals surface area contributed by atoms with Gasteiger partial charge < -0.3 is 4.74 Å². The molecule has 0 radical (unpaired) electrons. The van der Waals surface area contributed by atoms with E-state index >= 15 is 0 Å². The van der Waals surface area contributed by atoms with Crippen LogP contribution in [0.1, 0.15) is 5.56 Å². The molecule has 0 atom stereocenters. The monoisotopic (exact) mass is 351 g/mol. The van der Waals surface area contributed by atoms with E-state index in [4.69, 9.17) is 16.3 Å². The topological polar surface area (TPSA) is 93.8 Å². The maximum atomic E-state index is 13.3. The number of hydrogen-bond donors (Lipinski definition) is 1. The lowest BCUT2D eigenvalue weighted by Crippen LogP contribution is -2.24. The molecule has 0 aliphatic heterocycles. The van der Waals surface area contributed by atoms with Crippen LogP contribution in [0.15, 0.2) is 47.6 Å². The lowest BCUT2D eigenvalue weighted by atomic mass is 10.2. The molecule has 0 heterocycles. The fraction of sp³-hybridized carbons (Fsp3) is 0.0667. The number of non-ortho nitro benzene ring substituents is 1. The van der Waals surface area contributed by atoms with Crippen LogP contribution >= 0.6 is 11.6 Å². The van der Waals surface area contributed by atoms with E-state index in [0.29, 0.717) is 0 Å². The van der Waals surface area contributed by atoms with E-state index in [9.17, 15) is 19.3 Å². The van der Waals surface area contributed by atoms with Gasteiger partial charge in [0.1, 0.15) is 0 Å². The molecule has 0 unspecified atom stereocenters. The van der Waals surface area contributed by atoms with Crippen LogP contribution in [0, 0.1) is 15.9 Å². The third-order valence-electron chi connectivity index (χ3n) is 2.78. The van der Waals surface area contributed by atoms with E-state index in [0.717, 1.165) is 6.21 Å². The first-order valence-corrected chi connectivity index (χ1v) is 6.98. The zero-order valence-corrected chi connectivity index (χ0v) is 12.9. The summed E-state index contributed by atoms with van der Waals surface area (Å²) in [4.78, 5) is 21.7. The van der Waals surface area contributed by atoms with Crippen molar-refractivity contribution < 1.29 is 18.8 Å². The number of halogens is 2. The van der Waals surface area contributed by atoms with Crippen LogP contribution in [-0.2, 0) is 4.79 Å². The van der Waals surface area contributed by atoms with Gasteiger partial charge in [-0.3, -0.25) is 14.9 Å². The number of nitrogens with one attached hydrogen (secondary N) is 1. The zero-order valence-electron chi connectivity index (χ0n) is 12.1. The molecule has 2 rings (SSSR count). The second-order valence-electron chi connectivity index (χ2n) is 4.48. The number of ether oxygens (including phenoxy) is 1. The van der Waals surface area contributed by atoms with Crippen molar-refractivity contribution in [3.8, 4) is 5.75 Å². The highest BCUT2D eigenvalue weighted by molar-refractivity contribution is 6.33. The predicted octanol–water partition coefficient (Wildman–Crippen LogP) is 2.92. The maximum absolute atomic E-state index is 13.3. The summed E-state index contributed by atoms with van der Waals surface area (Å²) in [6.45, 7) is -0.444. The van der Waals surface area contributed by atoms with E-state index < -0.39 is 23.3 Å². The van der Waals surface area contributed by atoms with Crippen LogP contribution in [0.25, 0.3) is 0 Å². The number of carbonyl (C=O) groups is 1. The summed E-state index contributed by atoms with van der Waals surface area (Å²) in [5, 5.41) is 14.6. The second kappa shape index (κ2) is 8.02. The van der Waals surface area contributed by atoms with Gasteiger partial charge in [-0.05, 0) is 18.2 Å². The highest BCUT2D eigenvalue weighted by Crippen LogP contribution is 2.20. The summed E-state index contributed by atoms with van der Waals surface area (Å²) in [5.74, 6) is -1.27. The standard InChI is InChI=1S/C15H11ClFN3O4/c16-12-6-5-11(20(22)23)7-10(12)8-18-19-15(21)9-24-14-4-2-1-3-13(14)17/h1-8H,9H2,(H,19,21)/b18-8-. The summed E-state index contributed by atoms with van der Waals surface area (Å²) in [6.07, 6.45) is 1.16. The van der Waals surface area contributed by atoms with Gasteiger partial charge in [0.2, 0.25) is 0 Å². The van der Waals surface area contributed by atoms with Gasteiger partial charge in [-0.15, -0.1) is 0 Å². The number of carbonyl (C=O) groups excluding carboxylic acids is 1. The summed E-state index contributed by atoms with van der Waals surface area (Å²) in [5.41, 5.74) is 2.26. The molecule has 0 saturated carbocycles. The number of benzene rings is 2. The van der Waals surface area contributed by atoms with E-state index in [1.54, 1.807) is 6.07 Å². The Morgan fingerprint density at radius 1 is 1.38 bits per heavy atom. The van der Waals surface area contributed by atoms with Gasteiger partial charge in [-0.2, -0.15) is 5.10 Å². The van der Waals surface area contributed by atoms with Crippen LogP contribution in [0.3, 0.4) is 0 Å². The lowest BCUT2D eigenvalue weighted by Gasteiger charge is -2.05. The average molecular weight is 352 g/mol. The minimum Gasteiger partial charge on any atom is -0.481 e. The van der Waals surface area contributed by atoms with Crippen molar-refractivity contribution in [1.82, 2.24) is 5.43 Å². The Hall–Kier alpha value is -3.00. The summed E-state index contributed by atoms with van der Waals surface area (Å²) < 4.78 is 18.3. The highest BCUT2D eigenvalue weighted by atomic mass is 35.5. The van der Waals surface area contributed by atoms with Crippen LogP contribution in [-0.4, -0.2) is 23.7 Å². The maximum Gasteiger partial charge on any atom is 0.277 e. The van der Waals surface area contributed by atoms with Crippen LogP contribution in [0.4, 0.5) is 10.1 Å². The summed E-state index contributed by atoms with van der Waals surface area (Å²) in [6, 6.07) is 9.47. The quantitative estimate of drug-likeness (QED) is 0.492. The first-order valence-electron chi connectivity index (χ1n) is 6.60. The Kier molecular flexibility index (Phi) is 5.80. The SMILES string of the molecule is O=C(COc1ccccc1F)N/N=C\c1cc([N+](=O)[O-])ccc1Cl. The van der Waals surface area contributed by atoms with Gasteiger partial charge in [0, 0.05) is 22.7 Å². The molecule has 0 aromatic heterocycles. The first-order chi connectivity index (χ1) is 11.5. The molecule has 124 valence electrons. The number of nitro groups is 1. The Morgan fingerprint density at radius 2 is 2.12 bits per heavy atom. The Bertz CT molecular complexity index is 798. The minimum atomic E-state index is -0.629. The third-order valence-corrected chi connectivity index (χ3v) is 3.12. The van der Waals surface area contributed by atoms with Gasteiger partial charge in [0.15, 0.2) is 18.2 Å². The molecular weight excluding hydrogens is 341 g/mol. The molecule has 0 fully saturated rings. The van der Waals surface area contributed by atoms with Crippen molar-refractivity contribution in [3.63, 3.8) is 0 Å². The highest BCUT2D eigenvalue weighted by Gasteiger charge is 2.09. The number of nitro benzene ring substituents is 1. The van der Waals surface area contributed by atoms with Gasteiger partial charge >= 0.3 is 0 Å². The van der Waals surface area contributed by atoms with Crippen molar-refractivity contribution in [2.45, 2.75) is 0 Å². The summed E-state index contributed by atoms with van der Waals surface area (Å²) >= 11 is 5.88. The van der Waals surface area contributed by atoms with Crippen molar-refractivity contribution in [2.75, 3.05) is 6.61 Å². The average Bonchev–Trinajstić information content (AvgIpc) is 2.55.